The summed E-state index contributed by atoms with van der Waals surface area (Å²) in [7, 11) is 1.30. The van der Waals surface area contributed by atoms with Crippen LogP contribution in [0.15, 0.2) is 54.6 Å². The van der Waals surface area contributed by atoms with Crippen LogP contribution in [0, 0.1) is 6.92 Å². The molecule has 3 nitrogen and oxygen atoms in total. The standard InChI is InChI=1S/C20H20O3S3/c1-14-4-8-17(9-5-14)23-20(2,3)19(21)22-16-10-6-15(7-11-16)18(26-25)12-13-24/h4-13,25H,1-3H3. The van der Waals surface area contributed by atoms with Gasteiger partial charge >= 0.3 is 5.97 Å². The molecule has 0 aromatic heterocycles. The summed E-state index contributed by atoms with van der Waals surface area (Å²) in [5, 5.41) is 1.54. The van der Waals surface area contributed by atoms with Gasteiger partial charge in [-0.3, -0.25) is 0 Å². The molecule has 0 bridgehead atoms. The fourth-order valence-corrected chi connectivity index (χ4v) is 3.19. The molecule has 0 aliphatic heterocycles. The van der Waals surface area contributed by atoms with Gasteiger partial charge in [0.25, 0.3) is 0 Å². The third-order valence-electron chi connectivity index (χ3n) is 3.55. The van der Waals surface area contributed by atoms with Gasteiger partial charge < -0.3 is 9.47 Å². The van der Waals surface area contributed by atoms with E-state index in [2.05, 4.69) is 11.7 Å². The number of allylic oxidation sites excluding steroid dienone is 1. The zero-order chi connectivity index (χ0) is 19.2. The van der Waals surface area contributed by atoms with Crippen LogP contribution in [0.1, 0.15) is 25.0 Å². The second-order valence-electron chi connectivity index (χ2n) is 6.10. The summed E-state index contributed by atoms with van der Waals surface area (Å²) in [5.74, 6) is 0.600. The maximum absolute atomic E-state index is 12.5. The Kier molecular flexibility index (Phi) is 7.32. The van der Waals surface area contributed by atoms with E-state index in [-0.39, 0.29) is 0 Å². The number of thiol groups is 1. The highest BCUT2D eigenvalue weighted by Gasteiger charge is 2.32. The van der Waals surface area contributed by atoms with Crippen LogP contribution in [0.5, 0.6) is 11.5 Å². The van der Waals surface area contributed by atoms with Crippen LogP contribution in [0.4, 0.5) is 0 Å². The van der Waals surface area contributed by atoms with Crippen molar-refractivity contribution in [2.75, 3.05) is 0 Å². The van der Waals surface area contributed by atoms with Gasteiger partial charge in [-0.15, -0.1) is 11.7 Å². The third-order valence-corrected chi connectivity index (χ3v) is 4.85. The van der Waals surface area contributed by atoms with Gasteiger partial charge in [0.2, 0.25) is 5.60 Å². The molecule has 26 heavy (non-hydrogen) atoms. The molecule has 0 aliphatic carbocycles. The number of hydrogen-bond donors (Lipinski definition) is 1. The molecule has 2 aromatic rings. The van der Waals surface area contributed by atoms with Crippen molar-refractivity contribution in [2.24, 2.45) is 0 Å². The van der Waals surface area contributed by atoms with E-state index in [1.165, 1.54) is 16.2 Å². The van der Waals surface area contributed by atoms with Gasteiger partial charge in [-0.25, -0.2) is 4.79 Å². The lowest BCUT2D eigenvalue weighted by molar-refractivity contribution is -0.149. The molecule has 0 heterocycles. The van der Waals surface area contributed by atoms with Crippen LogP contribution in [0.2, 0.25) is 0 Å². The van der Waals surface area contributed by atoms with Crippen molar-refractivity contribution in [3.63, 3.8) is 0 Å². The Hall–Kier alpha value is -1.76. The van der Waals surface area contributed by atoms with Gasteiger partial charge in [0.05, 0.1) is 0 Å². The second kappa shape index (κ2) is 9.26. The molecule has 0 N–H and O–H groups in total. The molecule has 2 rings (SSSR count). The van der Waals surface area contributed by atoms with E-state index in [1.54, 1.807) is 32.1 Å². The van der Waals surface area contributed by atoms with Crippen molar-refractivity contribution in [1.29, 1.82) is 0 Å². The van der Waals surface area contributed by atoms with Crippen LogP contribution in [0.3, 0.4) is 0 Å². The first-order valence-corrected chi connectivity index (χ1v) is 10.2. The average molecular weight is 405 g/mol. The average Bonchev–Trinajstić information content (AvgIpc) is 2.62. The Morgan fingerprint density at radius 1 is 1.08 bits per heavy atom. The summed E-state index contributed by atoms with van der Waals surface area (Å²) in [6.45, 7) is 5.36. The lowest BCUT2D eigenvalue weighted by Gasteiger charge is -2.24. The molecule has 0 fully saturated rings. The molecule has 0 saturated carbocycles. The van der Waals surface area contributed by atoms with Crippen LogP contribution in [-0.2, 0) is 4.79 Å². The number of benzene rings is 2. The summed E-state index contributed by atoms with van der Waals surface area (Å²) >= 11 is 9.06. The molecule has 0 amide bonds. The van der Waals surface area contributed by atoms with E-state index in [4.69, 9.17) is 21.7 Å². The van der Waals surface area contributed by atoms with Crippen LogP contribution in [-0.4, -0.2) is 16.9 Å². The maximum Gasteiger partial charge on any atom is 0.355 e. The number of hydrogen-bond acceptors (Lipinski definition) is 6. The fourth-order valence-electron chi connectivity index (χ4n) is 2.10. The first-order valence-electron chi connectivity index (χ1n) is 7.91. The highest BCUT2D eigenvalue weighted by molar-refractivity contribution is 8.72. The van der Waals surface area contributed by atoms with Crippen molar-refractivity contribution >= 4 is 50.9 Å². The third kappa shape index (κ3) is 5.62. The maximum atomic E-state index is 12.5. The number of carbonyl (C=O) groups is 1. The topological polar surface area (TPSA) is 35.5 Å². The first kappa shape index (κ1) is 20.6. The number of aryl methyl sites for hydroxylation is 1. The molecule has 0 unspecified atom stereocenters. The minimum absolute atomic E-state index is 0.449. The summed E-state index contributed by atoms with van der Waals surface area (Å²) < 4.78 is 11.3. The summed E-state index contributed by atoms with van der Waals surface area (Å²) in [4.78, 5) is 13.4. The normalized spacial score (nSPS) is 11.8. The van der Waals surface area contributed by atoms with Gasteiger partial charge in [-0.1, -0.05) is 52.8 Å². The lowest BCUT2D eigenvalue weighted by atomic mass is 10.1. The molecule has 0 atom stereocenters. The van der Waals surface area contributed by atoms with Gasteiger partial charge in [-0.05, 0) is 56.7 Å². The largest absolute Gasteiger partial charge is 0.476 e. The van der Waals surface area contributed by atoms with Gasteiger partial charge in [0.1, 0.15) is 11.5 Å². The number of rotatable bonds is 7. The summed E-state index contributed by atoms with van der Waals surface area (Å²) in [6, 6.07) is 14.7. The lowest BCUT2D eigenvalue weighted by Crippen LogP contribution is -2.41. The van der Waals surface area contributed by atoms with Crippen molar-refractivity contribution in [3.05, 3.63) is 65.7 Å². The van der Waals surface area contributed by atoms with Gasteiger partial charge in [0, 0.05) is 10.3 Å². The van der Waals surface area contributed by atoms with E-state index >= 15 is 0 Å². The Labute approximate surface area is 168 Å². The minimum Gasteiger partial charge on any atom is -0.476 e. The summed E-state index contributed by atoms with van der Waals surface area (Å²) in [5.41, 5.74) is 0.956. The van der Waals surface area contributed by atoms with E-state index in [0.717, 1.165) is 16.0 Å². The molecule has 0 radical (unpaired) electrons. The molecule has 0 saturated heterocycles. The van der Waals surface area contributed by atoms with E-state index < -0.39 is 11.6 Å². The van der Waals surface area contributed by atoms with Crippen LogP contribution >= 0.6 is 34.7 Å². The molecule has 0 spiro atoms. The smallest absolute Gasteiger partial charge is 0.355 e. The van der Waals surface area contributed by atoms with Crippen molar-refractivity contribution in [1.82, 2.24) is 0 Å². The first-order chi connectivity index (χ1) is 12.4. The molecule has 6 heteroatoms. The number of thiocarbonyl (C=S) groups is 1. The Bertz CT molecular complexity index is 794. The predicted octanol–water partition coefficient (Wildman–Crippen LogP) is 5.68. The highest BCUT2D eigenvalue weighted by Crippen LogP contribution is 2.31. The zero-order valence-electron chi connectivity index (χ0n) is 14.8. The van der Waals surface area contributed by atoms with E-state index in [1.807, 2.05) is 43.3 Å². The molecule has 0 aliphatic rings. The van der Waals surface area contributed by atoms with Crippen molar-refractivity contribution in [2.45, 2.75) is 26.4 Å². The second-order valence-corrected chi connectivity index (χ2v) is 7.54. The Balaban J connectivity index is 2.07. The SMILES string of the molecule is Cc1ccc(OC(C)(C)C(=O)Oc2ccc(C(=CC=S)SS)cc2)cc1. The van der Waals surface area contributed by atoms with Gasteiger partial charge in [-0.2, -0.15) is 0 Å². The summed E-state index contributed by atoms with van der Waals surface area (Å²) in [6.07, 6.45) is 1.80. The van der Waals surface area contributed by atoms with E-state index in [0.29, 0.717) is 11.5 Å². The predicted molar refractivity (Wildman–Crippen MR) is 116 cm³/mol. The zero-order valence-corrected chi connectivity index (χ0v) is 17.3. The monoisotopic (exact) mass is 404 g/mol. The van der Waals surface area contributed by atoms with E-state index in [9.17, 15) is 4.79 Å². The van der Waals surface area contributed by atoms with Crippen LogP contribution < -0.4 is 9.47 Å². The van der Waals surface area contributed by atoms with Crippen molar-refractivity contribution < 1.29 is 14.3 Å². The molecular formula is C20H20O3S3. The number of carbonyl (C=O) groups excluding carboxylic acids is 1. The van der Waals surface area contributed by atoms with Gasteiger partial charge in [0.15, 0.2) is 0 Å². The number of esters is 1. The Morgan fingerprint density at radius 2 is 1.65 bits per heavy atom. The molecular weight excluding hydrogens is 384 g/mol. The van der Waals surface area contributed by atoms with Crippen molar-refractivity contribution in [3.8, 4) is 11.5 Å². The minimum atomic E-state index is -1.11. The van der Waals surface area contributed by atoms with Crippen LogP contribution in [0.25, 0.3) is 4.91 Å². The quantitative estimate of drug-likeness (QED) is 0.160. The highest BCUT2D eigenvalue weighted by atomic mass is 33.1. The Morgan fingerprint density at radius 3 is 2.19 bits per heavy atom. The molecule has 136 valence electrons. The molecule has 2 aromatic carbocycles. The fraction of sp³-hybridized carbons (Fsp3) is 0.200. The number of ether oxygens (including phenoxy) is 2.